The van der Waals surface area contributed by atoms with Gasteiger partial charge in [-0.1, -0.05) is 6.07 Å². The zero-order chi connectivity index (χ0) is 15.4. The first-order valence-electron chi connectivity index (χ1n) is 6.73. The van der Waals surface area contributed by atoms with Crippen LogP contribution < -0.4 is 10.6 Å². The van der Waals surface area contributed by atoms with Crippen molar-refractivity contribution in [3.05, 3.63) is 53.3 Å². The average molecular weight is 285 g/mol. The van der Waals surface area contributed by atoms with Crippen molar-refractivity contribution in [3.8, 4) is 0 Å². The van der Waals surface area contributed by atoms with E-state index in [9.17, 15) is 9.90 Å². The highest BCUT2D eigenvalue weighted by Crippen LogP contribution is 2.25. The zero-order valence-electron chi connectivity index (χ0n) is 12.2. The normalized spacial score (nSPS) is 10.4. The quantitative estimate of drug-likeness (QED) is 0.824. The summed E-state index contributed by atoms with van der Waals surface area (Å²) in [4.78, 5) is 17.5. The van der Waals surface area contributed by atoms with Crippen LogP contribution in [0.25, 0.3) is 0 Å². The Morgan fingerprint density at radius 3 is 2.76 bits per heavy atom. The highest BCUT2D eigenvalue weighted by atomic mass is 16.4. The first kappa shape index (κ1) is 14.8. The summed E-state index contributed by atoms with van der Waals surface area (Å²) >= 11 is 0. The fraction of sp³-hybridized carbons (Fsp3) is 0.250. The molecule has 5 nitrogen and oxygen atoms in total. The summed E-state index contributed by atoms with van der Waals surface area (Å²) in [7, 11) is 1.93. The van der Waals surface area contributed by atoms with Gasteiger partial charge in [0.2, 0.25) is 0 Å². The molecule has 0 saturated carbocycles. The van der Waals surface area contributed by atoms with Crippen molar-refractivity contribution < 1.29 is 9.90 Å². The molecule has 0 unspecified atom stereocenters. The summed E-state index contributed by atoms with van der Waals surface area (Å²) in [6.07, 6.45) is 2.56. The van der Waals surface area contributed by atoms with Crippen molar-refractivity contribution in [3.63, 3.8) is 0 Å². The molecule has 1 aromatic heterocycles. The van der Waals surface area contributed by atoms with Crippen molar-refractivity contribution in [2.45, 2.75) is 13.3 Å². The van der Waals surface area contributed by atoms with Crippen LogP contribution in [0.15, 0.2) is 36.5 Å². The maximum Gasteiger partial charge on any atom is 0.337 e. The van der Waals surface area contributed by atoms with Crippen LogP contribution in [0.2, 0.25) is 0 Å². The van der Waals surface area contributed by atoms with E-state index in [1.165, 1.54) is 0 Å². The molecule has 21 heavy (non-hydrogen) atoms. The number of carboxylic acid groups (broad SMARTS) is 1. The Morgan fingerprint density at radius 2 is 2.14 bits per heavy atom. The van der Waals surface area contributed by atoms with Gasteiger partial charge >= 0.3 is 5.97 Å². The number of rotatable bonds is 5. The van der Waals surface area contributed by atoms with E-state index in [2.05, 4.69) is 4.98 Å². The van der Waals surface area contributed by atoms with E-state index in [1.54, 1.807) is 12.3 Å². The number of aromatic carboxylic acids is 1. The van der Waals surface area contributed by atoms with E-state index in [0.29, 0.717) is 5.69 Å². The van der Waals surface area contributed by atoms with E-state index in [-0.39, 0.29) is 5.56 Å². The molecule has 1 heterocycles. The highest BCUT2D eigenvalue weighted by Gasteiger charge is 2.13. The fourth-order valence-electron chi connectivity index (χ4n) is 2.13. The number of aryl methyl sites for hydroxylation is 1. The van der Waals surface area contributed by atoms with Gasteiger partial charge in [0.25, 0.3) is 0 Å². The molecule has 0 radical (unpaired) electrons. The van der Waals surface area contributed by atoms with Crippen molar-refractivity contribution in [1.29, 1.82) is 0 Å². The summed E-state index contributed by atoms with van der Waals surface area (Å²) in [5.74, 6) is -1.00. The molecule has 0 bridgehead atoms. The number of carboxylic acids is 1. The number of aromatic nitrogens is 1. The fourth-order valence-corrected chi connectivity index (χ4v) is 2.13. The highest BCUT2D eigenvalue weighted by molar-refractivity contribution is 5.95. The Morgan fingerprint density at radius 1 is 1.38 bits per heavy atom. The standard InChI is InChI=1S/C16H19N3O2/c1-11-9-13(10-14(15(11)17)16(20)21)19(2)8-6-12-5-3-4-7-18-12/h3-5,7,9-10H,6,8,17H2,1-2H3,(H,20,21). The lowest BCUT2D eigenvalue weighted by molar-refractivity contribution is 0.0698. The van der Waals surface area contributed by atoms with Gasteiger partial charge in [-0.05, 0) is 36.8 Å². The molecule has 0 atom stereocenters. The predicted molar refractivity (Wildman–Crippen MR) is 83.8 cm³/mol. The second-order valence-electron chi connectivity index (χ2n) is 5.02. The predicted octanol–water partition coefficient (Wildman–Crippen LogP) is 2.35. The molecule has 0 saturated heterocycles. The lowest BCUT2D eigenvalue weighted by Crippen LogP contribution is -2.21. The molecule has 0 aliphatic rings. The smallest absolute Gasteiger partial charge is 0.337 e. The molecule has 1 aromatic carbocycles. The number of likely N-dealkylation sites (N-methyl/N-ethyl adjacent to an activating group) is 1. The molecular formula is C16H19N3O2. The van der Waals surface area contributed by atoms with Gasteiger partial charge in [0.1, 0.15) is 0 Å². The number of pyridine rings is 1. The van der Waals surface area contributed by atoms with Crippen molar-refractivity contribution in [2.24, 2.45) is 0 Å². The Hall–Kier alpha value is -2.56. The SMILES string of the molecule is Cc1cc(N(C)CCc2ccccn2)cc(C(=O)O)c1N. The van der Waals surface area contributed by atoms with Gasteiger partial charge in [-0.3, -0.25) is 4.98 Å². The van der Waals surface area contributed by atoms with E-state index < -0.39 is 5.97 Å². The third-order valence-electron chi connectivity index (χ3n) is 3.47. The van der Waals surface area contributed by atoms with E-state index >= 15 is 0 Å². The molecule has 0 amide bonds. The molecule has 2 rings (SSSR count). The third-order valence-corrected chi connectivity index (χ3v) is 3.47. The number of nitrogens with zero attached hydrogens (tertiary/aromatic N) is 2. The van der Waals surface area contributed by atoms with Gasteiger partial charge in [-0.15, -0.1) is 0 Å². The van der Waals surface area contributed by atoms with Crippen LogP contribution in [0.5, 0.6) is 0 Å². The van der Waals surface area contributed by atoms with Crippen molar-refractivity contribution in [2.75, 3.05) is 24.2 Å². The molecule has 0 fully saturated rings. The van der Waals surface area contributed by atoms with Gasteiger partial charge in [-0.2, -0.15) is 0 Å². The number of nitrogen functional groups attached to an aromatic ring is 1. The minimum atomic E-state index is -1.00. The number of hydrogen-bond acceptors (Lipinski definition) is 4. The van der Waals surface area contributed by atoms with Gasteiger partial charge in [0.15, 0.2) is 0 Å². The molecule has 2 aromatic rings. The third kappa shape index (κ3) is 3.51. The summed E-state index contributed by atoms with van der Waals surface area (Å²) in [6, 6.07) is 9.34. The number of carbonyl (C=O) groups is 1. The molecule has 5 heteroatoms. The molecule has 110 valence electrons. The lowest BCUT2D eigenvalue weighted by Gasteiger charge is -2.21. The summed E-state index contributed by atoms with van der Waals surface area (Å²) < 4.78 is 0. The molecular weight excluding hydrogens is 266 g/mol. The minimum absolute atomic E-state index is 0.148. The summed E-state index contributed by atoms with van der Waals surface area (Å²) in [6.45, 7) is 2.57. The van der Waals surface area contributed by atoms with Crippen LogP contribution >= 0.6 is 0 Å². The second kappa shape index (κ2) is 6.26. The topological polar surface area (TPSA) is 79.5 Å². The second-order valence-corrected chi connectivity index (χ2v) is 5.02. The number of benzene rings is 1. The van der Waals surface area contributed by atoms with Crippen LogP contribution in [0.4, 0.5) is 11.4 Å². The van der Waals surface area contributed by atoms with Gasteiger partial charge in [-0.25, -0.2) is 4.79 Å². The Bertz CT molecular complexity index is 641. The Labute approximate surface area is 124 Å². The maximum atomic E-state index is 11.2. The van der Waals surface area contributed by atoms with Crippen LogP contribution in [-0.2, 0) is 6.42 Å². The molecule has 0 spiro atoms. The lowest BCUT2D eigenvalue weighted by atomic mass is 10.1. The number of hydrogen-bond donors (Lipinski definition) is 2. The van der Waals surface area contributed by atoms with Crippen molar-refractivity contribution in [1.82, 2.24) is 4.98 Å². The van der Waals surface area contributed by atoms with Crippen LogP contribution in [0, 0.1) is 6.92 Å². The van der Waals surface area contributed by atoms with E-state index in [0.717, 1.165) is 29.9 Å². The monoisotopic (exact) mass is 285 g/mol. The van der Waals surface area contributed by atoms with Gasteiger partial charge in [0, 0.05) is 43.3 Å². The van der Waals surface area contributed by atoms with Crippen LogP contribution in [0.3, 0.4) is 0 Å². The summed E-state index contributed by atoms with van der Waals surface area (Å²) in [5, 5.41) is 9.20. The molecule has 0 aliphatic carbocycles. The first-order chi connectivity index (χ1) is 9.99. The Balaban J connectivity index is 2.16. The van der Waals surface area contributed by atoms with E-state index in [4.69, 9.17) is 5.73 Å². The van der Waals surface area contributed by atoms with Crippen LogP contribution in [0.1, 0.15) is 21.6 Å². The zero-order valence-corrected chi connectivity index (χ0v) is 12.2. The van der Waals surface area contributed by atoms with Gasteiger partial charge < -0.3 is 15.7 Å². The summed E-state index contributed by atoms with van der Waals surface area (Å²) in [5.41, 5.74) is 8.90. The molecule has 0 aliphatic heterocycles. The average Bonchev–Trinajstić information content (AvgIpc) is 2.48. The number of nitrogens with two attached hydrogens (primary N) is 1. The maximum absolute atomic E-state index is 11.2. The Kier molecular flexibility index (Phi) is 4.42. The largest absolute Gasteiger partial charge is 0.478 e. The number of anilines is 2. The molecule has 3 N–H and O–H groups in total. The van der Waals surface area contributed by atoms with Gasteiger partial charge in [0.05, 0.1) is 5.56 Å². The first-order valence-corrected chi connectivity index (χ1v) is 6.73. The van der Waals surface area contributed by atoms with E-state index in [1.807, 2.05) is 43.1 Å². The van der Waals surface area contributed by atoms with Crippen LogP contribution in [-0.4, -0.2) is 29.7 Å². The minimum Gasteiger partial charge on any atom is -0.478 e. The van der Waals surface area contributed by atoms with Crippen molar-refractivity contribution >= 4 is 17.3 Å².